The number of unbranched alkanes of at least 4 members (excludes halogenated alkanes) is 1. The number of hydrogen-bond donors (Lipinski definition) is 2. The van der Waals surface area contributed by atoms with E-state index in [1.165, 1.54) is 5.56 Å². The number of benzene rings is 1. The van der Waals surface area contributed by atoms with Crippen LogP contribution in [0.4, 0.5) is 0 Å². The molecule has 1 amide bonds. The van der Waals surface area contributed by atoms with Crippen LogP contribution in [0.2, 0.25) is 0 Å². The highest BCUT2D eigenvalue weighted by atomic mass is 16.5. The molecule has 0 unspecified atom stereocenters. The quantitative estimate of drug-likeness (QED) is 0.359. The molecule has 0 atom stereocenters. The van der Waals surface area contributed by atoms with Crippen LogP contribution < -0.4 is 10.6 Å². The Bertz CT molecular complexity index is 530. The molecule has 0 spiro atoms. The molecule has 6 nitrogen and oxygen atoms in total. The van der Waals surface area contributed by atoms with Gasteiger partial charge in [-0.05, 0) is 38.7 Å². The molecular weight excluding hydrogens is 328 g/mol. The zero-order chi connectivity index (χ0) is 19.2. The Morgan fingerprint density at radius 3 is 2.46 bits per heavy atom. The average molecular weight is 363 g/mol. The molecule has 1 rings (SSSR count). The van der Waals surface area contributed by atoms with Gasteiger partial charge in [0.15, 0.2) is 5.96 Å². The smallest absolute Gasteiger partial charge is 0.243 e. The third-order valence-electron chi connectivity index (χ3n) is 3.73. The highest BCUT2D eigenvalue weighted by Gasteiger charge is 2.04. The summed E-state index contributed by atoms with van der Waals surface area (Å²) in [6.45, 7) is 6.57. The summed E-state index contributed by atoms with van der Waals surface area (Å²) in [6.07, 6.45) is 3.18. The molecule has 146 valence electrons. The second-order valence-electron chi connectivity index (χ2n) is 6.67. The van der Waals surface area contributed by atoms with Crippen LogP contribution in [-0.2, 0) is 16.0 Å². The van der Waals surface area contributed by atoms with Gasteiger partial charge >= 0.3 is 0 Å². The first-order valence-electron chi connectivity index (χ1n) is 9.37. The summed E-state index contributed by atoms with van der Waals surface area (Å²) in [7, 11) is 3.48. The maximum atomic E-state index is 11.8. The summed E-state index contributed by atoms with van der Waals surface area (Å²) in [5.41, 5.74) is 1.27. The highest BCUT2D eigenvalue weighted by molar-refractivity contribution is 5.84. The van der Waals surface area contributed by atoms with E-state index >= 15 is 0 Å². The molecule has 0 bridgehead atoms. The number of aliphatic imine (C=N–C) groups is 1. The SMILES string of the molecule is CC(C)OCCCCNC(=NCC(=O)N(C)C)NCCc1ccccc1. The van der Waals surface area contributed by atoms with Crippen molar-refractivity contribution in [1.29, 1.82) is 0 Å². The predicted octanol–water partition coefficient (Wildman–Crippen LogP) is 2.06. The van der Waals surface area contributed by atoms with E-state index in [1.54, 1.807) is 19.0 Å². The van der Waals surface area contributed by atoms with Gasteiger partial charge in [0, 0.05) is 33.8 Å². The van der Waals surface area contributed by atoms with Crippen LogP contribution in [0.3, 0.4) is 0 Å². The lowest BCUT2D eigenvalue weighted by atomic mass is 10.1. The van der Waals surface area contributed by atoms with Gasteiger partial charge in [0.25, 0.3) is 0 Å². The number of carbonyl (C=O) groups is 1. The van der Waals surface area contributed by atoms with Crippen LogP contribution >= 0.6 is 0 Å². The van der Waals surface area contributed by atoms with E-state index in [2.05, 4.69) is 27.8 Å². The topological polar surface area (TPSA) is 66.0 Å². The van der Waals surface area contributed by atoms with Crippen LogP contribution in [0.25, 0.3) is 0 Å². The van der Waals surface area contributed by atoms with Crippen LogP contribution in [0.1, 0.15) is 32.3 Å². The van der Waals surface area contributed by atoms with Crippen molar-refractivity contribution in [2.75, 3.05) is 40.3 Å². The number of amides is 1. The van der Waals surface area contributed by atoms with Crippen LogP contribution in [0, 0.1) is 0 Å². The fourth-order valence-corrected chi connectivity index (χ4v) is 2.19. The number of guanidine groups is 1. The number of nitrogens with zero attached hydrogens (tertiary/aromatic N) is 2. The molecule has 2 N–H and O–H groups in total. The summed E-state index contributed by atoms with van der Waals surface area (Å²) in [6, 6.07) is 10.3. The first kappa shape index (κ1) is 22.0. The Morgan fingerprint density at radius 2 is 1.81 bits per heavy atom. The van der Waals surface area contributed by atoms with Gasteiger partial charge in [-0.25, -0.2) is 4.99 Å². The monoisotopic (exact) mass is 362 g/mol. The maximum absolute atomic E-state index is 11.8. The number of ether oxygens (including phenoxy) is 1. The summed E-state index contributed by atoms with van der Waals surface area (Å²) in [4.78, 5) is 17.7. The summed E-state index contributed by atoms with van der Waals surface area (Å²) in [5.74, 6) is 0.667. The Morgan fingerprint density at radius 1 is 1.12 bits per heavy atom. The van der Waals surface area contributed by atoms with Gasteiger partial charge in [-0.2, -0.15) is 0 Å². The molecule has 0 aliphatic rings. The minimum absolute atomic E-state index is 0.0144. The summed E-state index contributed by atoms with van der Waals surface area (Å²) < 4.78 is 5.54. The van der Waals surface area contributed by atoms with E-state index in [0.717, 1.165) is 39.0 Å². The number of carbonyl (C=O) groups excluding carboxylic acids is 1. The van der Waals surface area contributed by atoms with Crippen molar-refractivity contribution in [2.24, 2.45) is 4.99 Å². The zero-order valence-electron chi connectivity index (χ0n) is 16.6. The van der Waals surface area contributed by atoms with Crippen molar-refractivity contribution in [2.45, 2.75) is 39.2 Å². The van der Waals surface area contributed by atoms with Gasteiger partial charge in [-0.15, -0.1) is 0 Å². The van der Waals surface area contributed by atoms with Crippen LogP contribution in [0.5, 0.6) is 0 Å². The third-order valence-corrected chi connectivity index (χ3v) is 3.73. The molecule has 0 radical (unpaired) electrons. The average Bonchev–Trinajstić information content (AvgIpc) is 2.62. The fraction of sp³-hybridized carbons (Fsp3) is 0.600. The minimum Gasteiger partial charge on any atom is -0.379 e. The van der Waals surface area contributed by atoms with Gasteiger partial charge in [0.2, 0.25) is 5.91 Å². The third kappa shape index (κ3) is 10.7. The largest absolute Gasteiger partial charge is 0.379 e. The van der Waals surface area contributed by atoms with Crippen LogP contribution in [0.15, 0.2) is 35.3 Å². The van der Waals surface area contributed by atoms with Gasteiger partial charge in [0.05, 0.1) is 6.10 Å². The second-order valence-corrected chi connectivity index (χ2v) is 6.67. The molecule has 26 heavy (non-hydrogen) atoms. The summed E-state index contributed by atoms with van der Waals surface area (Å²) in [5, 5.41) is 6.61. The van der Waals surface area contributed by atoms with E-state index in [9.17, 15) is 4.79 Å². The van der Waals surface area contributed by atoms with E-state index in [1.807, 2.05) is 32.0 Å². The van der Waals surface area contributed by atoms with E-state index < -0.39 is 0 Å². The molecule has 1 aromatic rings. The van der Waals surface area contributed by atoms with Gasteiger partial charge in [0.1, 0.15) is 6.54 Å². The van der Waals surface area contributed by atoms with Gasteiger partial charge < -0.3 is 20.3 Å². The lowest BCUT2D eigenvalue weighted by Crippen LogP contribution is -2.40. The maximum Gasteiger partial charge on any atom is 0.243 e. The molecular formula is C20H34N4O2. The molecule has 0 aliphatic carbocycles. The van der Waals surface area contributed by atoms with Crippen molar-refractivity contribution in [3.63, 3.8) is 0 Å². The second kappa shape index (κ2) is 13.2. The number of nitrogens with one attached hydrogen (secondary N) is 2. The van der Waals surface area contributed by atoms with Crippen molar-refractivity contribution < 1.29 is 9.53 Å². The molecule has 1 aromatic carbocycles. The summed E-state index contributed by atoms with van der Waals surface area (Å²) >= 11 is 0. The van der Waals surface area contributed by atoms with E-state index in [4.69, 9.17) is 4.74 Å². The van der Waals surface area contributed by atoms with Crippen molar-refractivity contribution >= 4 is 11.9 Å². The number of likely N-dealkylation sites (N-methyl/N-ethyl adjacent to an activating group) is 1. The number of rotatable bonds is 11. The molecule has 0 aromatic heterocycles. The Balaban J connectivity index is 2.39. The highest BCUT2D eigenvalue weighted by Crippen LogP contribution is 1.98. The Kier molecular flexibility index (Phi) is 11.1. The molecule has 6 heteroatoms. The predicted molar refractivity (Wildman–Crippen MR) is 107 cm³/mol. The Hall–Kier alpha value is -2.08. The first-order chi connectivity index (χ1) is 12.5. The van der Waals surface area contributed by atoms with Gasteiger partial charge in [-0.1, -0.05) is 30.3 Å². The van der Waals surface area contributed by atoms with E-state index in [-0.39, 0.29) is 18.6 Å². The molecule has 0 saturated carbocycles. The van der Waals surface area contributed by atoms with Crippen LogP contribution in [-0.4, -0.2) is 63.2 Å². The molecule has 0 saturated heterocycles. The van der Waals surface area contributed by atoms with E-state index in [0.29, 0.717) is 5.96 Å². The molecule has 0 heterocycles. The Labute approximate surface area is 158 Å². The van der Waals surface area contributed by atoms with Gasteiger partial charge in [-0.3, -0.25) is 4.79 Å². The lowest BCUT2D eigenvalue weighted by Gasteiger charge is -2.14. The zero-order valence-corrected chi connectivity index (χ0v) is 16.6. The van der Waals surface area contributed by atoms with Crippen molar-refractivity contribution in [3.05, 3.63) is 35.9 Å². The van der Waals surface area contributed by atoms with Crippen molar-refractivity contribution in [3.8, 4) is 0 Å². The molecule has 0 fully saturated rings. The first-order valence-corrected chi connectivity index (χ1v) is 9.37. The normalized spacial score (nSPS) is 11.5. The molecule has 0 aliphatic heterocycles. The van der Waals surface area contributed by atoms with Crippen molar-refractivity contribution in [1.82, 2.24) is 15.5 Å². The number of hydrogen-bond acceptors (Lipinski definition) is 3. The fourth-order valence-electron chi connectivity index (χ4n) is 2.19. The lowest BCUT2D eigenvalue weighted by molar-refractivity contribution is -0.127. The standard InChI is InChI=1S/C20H34N4O2/c1-17(2)26-15-9-8-13-21-20(23-16-19(25)24(3)4)22-14-12-18-10-6-5-7-11-18/h5-7,10-11,17H,8-9,12-16H2,1-4H3,(H2,21,22,23). The minimum atomic E-state index is -0.0144.